The molecule has 4 nitrogen and oxygen atoms in total. The highest BCUT2D eigenvalue weighted by Gasteiger charge is 2.08. The summed E-state index contributed by atoms with van der Waals surface area (Å²) in [5.41, 5.74) is 0. The van der Waals surface area contributed by atoms with Crippen molar-refractivity contribution in [1.82, 2.24) is 9.97 Å². The molecule has 0 aromatic carbocycles. The van der Waals surface area contributed by atoms with Gasteiger partial charge < -0.3 is 9.64 Å². The maximum atomic E-state index is 5.98. The fourth-order valence-electron chi connectivity index (χ4n) is 1.55. The van der Waals surface area contributed by atoms with Crippen molar-refractivity contribution in [3.05, 3.63) is 17.0 Å². The van der Waals surface area contributed by atoms with E-state index in [0.29, 0.717) is 30.1 Å². The van der Waals surface area contributed by atoms with E-state index in [9.17, 15) is 0 Å². The lowest BCUT2D eigenvalue weighted by molar-refractivity contribution is 0.128. The molecule has 1 rings (SSSR count). The molecule has 0 N–H and O–H groups in total. The predicted molar refractivity (Wildman–Crippen MR) is 70.5 cm³/mol. The van der Waals surface area contributed by atoms with E-state index in [2.05, 4.69) is 28.7 Å². The molecule has 1 aromatic heterocycles. The molecular weight excluding hydrogens is 238 g/mol. The monoisotopic (exact) mass is 257 g/mol. The van der Waals surface area contributed by atoms with Crippen LogP contribution in [-0.4, -0.2) is 30.2 Å². The Morgan fingerprint density at radius 2 is 2.12 bits per heavy atom. The third-order valence-corrected chi connectivity index (χ3v) is 2.39. The van der Waals surface area contributed by atoms with Gasteiger partial charge in [-0.25, -0.2) is 9.97 Å². The van der Waals surface area contributed by atoms with Crippen molar-refractivity contribution in [3.63, 3.8) is 0 Å². The van der Waals surface area contributed by atoms with Crippen molar-refractivity contribution in [2.75, 3.05) is 25.1 Å². The van der Waals surface area contributed by atoms with Crippen LogP contribution in [0.25, 0.3) is 0 Å². The Morgan fingerprint density at radius 3 is 2.71 bits per heavy atom. The van der Waals surface area contributed by atoms with Crippen molar-refractivity contribution < 1.29 is 4.74 Å². The van der Waals surface area contributed by atoms with E-state index in [1.165, 1.54) is 0 Å². The van der Waals surface area contributed by atoms with Gasteiger partial charge in [0.1, 0.15) is 17.6 Å². The zero-order chi connectivity index (χ0) is 12.8. The topological polar surface area (TPSA) is 38.2 Å². The molecule has 0 radical (unpaired) electrons. The van der Waals surface area contributed by atoms with Gasteiger partial charge in [-0.2, -0.15) is 0 Å². The summed E-state index contributed by atoms with van der Waals surface area (Å²) in [6, 6.07) is 1.78. The van der Waals surface area contributed by atoms with Gasteiger partial charge in [0, 0.05) is 26.3 Å². The average Bonchev–Trinajstić information content (AvgIpc) is 2.24. The van der Waals surface area contributed by atoms with Crippen LogP contribution >= 0.6 is 11.6 Å². The molecule has 0 bridgehead atoms. The van der Waals surface area contributed by atoms with Crippen molar-refractivity contribution in [1.29, 1.82) is 0 Å². The number of rotatable bonds is 6. The highest BCUT2D eigenvalue weighted by molar-refractivity contribution is 6.29. The Balaban J connectivity index is 2.80. The molecule has 0 saturated heterocycles. The highest BCUT2D eigenvalue weighted by Crippen LogP contribution is 2.16. The lowest BCUT2D eigenvalue weighted by Crippen LogP contribution is -2.24. The lowest BCUT2D eigenvalue weighted by Gasteiger charge is -2.20. The van der Waals surface area contributed by atoms with Crippen molar-refractivity contribution in [2.45, 2.75) is 27.4 Å². The first-order chi connectivity index (χ1) is 8.02. The van der Waals surface area contributed by atoms with Gasteiger partial charge >= 0.3 is 0 Å². The summed E-state index contributed by atoms with van der Waals surface area (Å²) < 4.78 is 5.29. The number of anilines is 1. The molecule has 1 aromatic rings. The van der Waals surface area contributed by atoms with Gasteiger partial charge in [0.05, 0.1) is 0 Å². The first-order valence-corrected chi connectivity index (χ1v) is 6.23. The number of hydrogen-bond acceptors (Lipinski definition) is 4. The van der Waals surface area contributed by atoms with Crippen LogP contribution in [0.5, 0.6) is 0 Å². The van der Waals surface area contributed by atoms with Crippen LogP contribution in [0.2, 0.25) is 5.15 Å². The van der Waals surface area contributed by atoms with Crippen molar-refractivity contribution in [2.24, 2.45) is 5.92 Å². The molecule has 0 aliphatic carbocycles. The first-order valence-electron chi connectivity index (χ1n) is 5.85. The molecule has 0 aliphatic rings. The van der Waals surface area contributed by atoms with E-state index in [4.69, 9.17) is 16.3 Å². The van der Waals surface area contributed by atoms with Crippen LogP contribution in [0, 0.1) is 5.92 Å². The summed E-state index contributed by atoms with van der Waals surface area (Å²) in [4.78, 5) is 10.6. The number of nitrogens with zero attached hydrogens (tertiary/aromatic N) is 3. The quantitative estimate of drug-likeness (QED) is 0.735. The smallest absolute Gasteiger partial charge is 0.158 e. The summed E-state index contributed by atoms with van der Waals surface area (Å²) in [6.45, 7) is 8.26. The van der Waals surface area contributed by atoms with Gasteiger partial charge in [-0.05, 0) is 12.8 Å². The molecule has 0 aliphatic heterocycles. The van der Waals surface area contributed by atoms with Crippen molar-refractivity contribution >= 4 is 17.4 Å². The molecule has 0 atom stereocenters. The Hall–Kier alpha value is -0.870. The Bertz CT molecular complexity index is 358. The average molecular weight is 258 g/mol. The number of halogens is 1. The molecule has 1 heterocycles. The molecule has 0 unspecified atom stereocenters. The van der Waals surface area contributed by atoms with Crippen LogP contribution in [0.1, 0.15) is 26.6 Å². The standard InChI is InChI=1S/C12H20ClN3O/c1-5-17-8-11-14-10(13)6-12(15-11)16(4)7-9(2)3/h6,9H,5,7-8H2,1-4H3. The normalized spacial score (nSPS) is 10.9. The molecule has 96 valence electrons. The molecule has 0 spiro atoms. The molecule has 5 heteroatoms. The fourth-order valence-corrected chi connectivity index (χ4v) is 1.74. The molecule has 17 heavy (non-hydrogen) atoms. The van der Waals surface area contributed by atoms with E-state index < -0.39 is 0 Å². The molecule has 0 saturated carbocycles. The lowest BCUT2D eigenvalue weighted by atomic mass is 10.2. The zero-order valence-electron chi connectivity index (χ0n) is 10.9. The maximum absolute atomic E-state index is 5.98. The highest BCUT2D eigenvalue weighted by atomic mass is 35.5. The summed E-state index contributed by atoms with van der Waals surface area (Å²) in [7, 11) is 2.00. The number of aromatic nitrogens is 2. The second-order valence-corrected chi connectivity index (χ2v) is 4.76. The van der Waals surface area contributed by atoms with Crippen molar-refractivity contribution in [3.8, 4) is 0 Å². The Labute approximate surface area is 108 Å². The summed E-state index contributed by atoms with van der Waals surface area (Å²) in [6.07, 6.45) is 0. The van der Waals surface area contributed by atoms with E-state index >= 15 is 0 Å². The Kier molecular flexibility index (Phi) is 5.65. The minimum atomic E-state index is 0.402. The summed E-state index contributed by atoms with van der Waals surface area (Å²) >= 11 is 5.98. The number of ether oxygens (including phenoxy) is 1. The third-order valence-electron chi connectivity index (χ3n) is 2.19. The maximum Gasteiger partial charge on any atom is 0.158 e. The minimum absolute atomic E-state index is 0.402. The zero-order valence-corrected chi connectivity index (χ0v) is 11.7. The summed E-state index contributed by atoms with van der Waals surface area (Å²) in [5.74, 6) is 2.04. The van der Waals surface area contributed by atoms with Gasteiger partial charge in [-0.15, -0.1) is 0 Å². The summed E-state index contributed by atoms with van der Waals surface area (Å²) in [5, 5.41) is 0.459. The molecule has 0 fully saturated rings. The first kappa shape index (κ1) is 14.2. The van der Waals surface area contributed by atoms with Crippen LogP contribution in [-0.2, 0) is 11.3 Å². The molecule has 0 amide bonds. The van der Waals surface area contributed by atoms with Gasteiger partial charge in [-0.1, -0.05) is 25.4 Å². The second kappa shape index (κ2) is 6.77. The Morgan fingerprint density at radius 1 is 1.41 bits per heavy atom. The van der Waals surface area contributed by atoms with Crippen LogP contribution in [0.4, 0.5) is 5.82 Å². The predicted octanol–water partition coefficient (Wildman–Crippen LogP) is 2.76. The SMILES string of the molecule is CCOCc1nc(Cl)cc(N(C)CC(C)C)n1. The van der Waals surface area contributed by atoms with Gasteiger partial charge in [-0.3, -0.25) is 0 Å². The van der Waals surface area contributed by atoms with Crippen LogP contribution in [0.3, 0.4) is 0 Å². The molecular formula is C12H20ClN3O. The van der Waals surface area contributed by atoms with E-state index in [1.54, 1.807) is 6.07 Å². The van der Waals surface area contributed by atoms with E-state index in [0.717, 1.165) is 12.4 Å². The number of hydrogen-bond donors (Lipinski definition) is 0. The van der Waals surface area contributed by atoms with E-state index in [-0.39, 0.29) is 0 Å². The van der Waals surface area contributed by atoms with Gasteiger partial charge in [0.15, 0.2) is 5.82 Å². The van der Waals surface area contributed by atoms with Gasteiger partial charge in [0.25, 0.3) is 0 Å². The van der Waals surface area contributed by atoms with Crippen LogP contribution < -0.4 is 4.90 Å². The minimum Gasteiger partial charge on any atom is -0.374 e. The van der Waals surface area contributed by atoms with Gasteiger partial charge in [0.2, 0.25) is 0 Å². The fraction of sp³-hybridized carbons (Fsp3) is 0.667. The second-order valence-electron chi connectivity index (χ2n) is 4.38. The largest absolute Gasteiger partial charge is 0.374 e. The van der Waals surface area contributed by atoms with Crippen LogP contribution in [0.15, 0.2) is 6.07 Å². The van der Waals surface area contributed by atoms with E-state index in [1.807, 2.05) is 14.0 Å². The third kappa shape index (κ3) is 4.88.